The highest BCUT2D eigenvalue weighted by Gasteiger charge is 2.19. The molecule has 0 atom stereocenters. The van der Waals surface area contributed by atoms with Crippen molar-refractivity contribution in [3.05, 3.63) is 66.1 Å². The van der Waals surface area contributed by atoms with Gasteiger partial charge in [0.05, 0.1) is 13.3 Å². The molecule has 0 aliphatic rings. The molecule has 2 heterocycles. The summed E-state index contributed by atoms with van der Waals surface area (Å²) in [7, 11) is 1.22. The van der Waals surface area contributed by atoms with Crippen LogP contribution in [0.4, 0.5) is 11.5 Å². The molecule has 10 nitrogen and oxygen atoms in total. The van der Waals surface area contributed by atoms with E-state index in [-0.39, 0.29) is 34.3 Å². The molecule has 0 aliphatic heterocycles. The van der Waals surface area contributed by atoms with E-state index in [9.17, 15) is 15.2 Å². The molecule has 10 heteroatoms. The lowest BCUT2D eigenvalue weighted by molar-refractivity contribution is 0.0597. The Hall–Kier alpha value is -4.65. The highest BCUT2D eigenvalue weighted by Crippen LogP contribution is 2.39. The fraction of sp³-hybridized carbons (Fsp3) is 0.0500. The van der Waals surface area contributed by atoms with Gasteiger partial charge in [-0.3, -0.25) is 0 Å². The van der Waals surface area contributed by atoms with Gasteiger partial charge in [0.1, 0.15) is 22.9 Å². The fourth-order valence-electron chi connectivity index (χ4n) is 2.85. The molecule has 4 rings (SSSR count). The zero-order valence-electron chi connectivity index (χ0n) is 15.6. The minimum absolute atomic E-state index is 0.0504. The van der Waals surface area contributed by atoms with Gasteiger partial charge in [-0.2, -0.15) is 15.0 Å². The van der Waals surface area contributed by atoms with Crippen LogP contribution in [0, 0.1) is 11.3 Å². The lowest BCUT2D eigenvalue weighted by Crippen LogP contribution is -2.02. The minimum atomic E-state index is -0.713. The number of hydrogen-bond acceptors (Lipinski definition) is 9. The summed E-state index contributed by atoms with van der Waals surface area (Å²) in [5, 5.41) is 33.6. The van der Waals surface area contributed by atoms with Crippen LogP contribution in [0.5, 0.6) is 5.75 Å². The molecule has 0 radical (unpaired) electrons. The number of hydrogen-bond donors (Lipinski definition) is 1. The SMILES string of the molecule is COC(=O)c1cc2ccccc2c(/N=N/c2c(C#N)cnn2-c2ncccn2)c1O. The molecule has 0 bridgehead atoms. The van der Waals surface area contributed by atoms with Crippen LogP contribution < -0.4 is 0 Å². The lowest BCUT2D eigenvalue weighted by Gasteiger charge is -2.09. The second kappa shape index (κ2) is 7.76. The number of benzene rings is 2. The second-order valence-electron chi connectivity index (χ2n) is 5.99. The van der Waals surface area contributed by atoms with E-state index in [4.69, 9.17) is 4.74 Å². The molecule has 0 saturated carbocycles. The van der Waals surface area contributed by atoms with E-state index < -0.39 is 5.97 Å². The van der Waals surface area contributed by atoms with Gasteiger partial charge >= 0.3 is 5.97 Å². The summed E-state index contributed by atoms with van der Waals surface area (Å²) < 4.78 is 6.00. The average Bonchev–Trinajstić information content (AvgIpc) is 3.21. The van der Waals surface area contributed by atoms with Crippen LogP contribution >= 0.6 is 0 Å². The van der Waals surface area contributed by atoms with Crippen molar-refractivity contribution in [2.75, 3.05) is 7.11 Å². The monoisotopic (exact) mass is 399 g/mol. The van der Waals surface area contributed by atoms with Crippen molar-refractivity contribution < 1.29 is 14.6 Å². The summed E-state index contributed by atoms with van der Waals surface area (Å²) in [4.78, 5) is 20.3. The van der Waals surface area contributed by atoms with Crippen molar-refractivity contribution >= 4 is 28.2 Å². The number of carbonyl (C=O) groups is 1. The Balaban J connectivity index is 1.90. The molecule has 0 unspecified atom stereocenters. The standard InChI is InChI=1S/C20H13N7O3/c1-30-19(29)15-9-12-5-2-3-6-14(12)16(17(15)28)25-26-18-13(10-21)11-24-27(18)20-22-7-4-8-23-20/h2-9,11,28H,1H3/b26-25+. The van der Waals surface area contributed by atoms with Crippen LogP contribution in [0.25, 0.3) is 16.7 Å². The van der Waals surface area contributed by atoms with Crippen LogP contribution in [0.2, 0.25) is 0 Å². The Morgan fingerprint density at radius 1 is 1.20 bits per heavy atom. The van der Waals surface area contributed by atoms with Crippen LogP contribution in [0.15, 0.2) is 65.2 Å². The van der Waals surface area contributed by atoms with Gasteiger partial charge in [0.25, 0.3) is 5.95 Å². The number of methoxy groups -OCH3 is 1. The largest absolute Gasteiger partial charge is 0.505 e. The summed E-state index contributed by atoms with van der Waals surface area (Å²) in [6, 6.07) is 12.2. The normalized spacial score (nSPS) is 10.9. The second-order valence-corrected chi connectivity index (χ2v) is 5.99. The third-order valence-corrected chi connectivity index (χ3v) is 4.25. The smallest absolute Gasteiger partial charge is 0.341 e. The number of aromatic nitrogens is 4. The Bertz CT molecular complexity index is 1320. The summed E-state index contributed by atoms with van der Waals surface area (Å²) in [5.74, 6) is -0.819. The van der Waals surface area contributed by atoms with Gasteiger partial charge in [0, 0.05) is 17.8 Å². The number of phenolic OH excluding ortho intramolecular Hbond substituents is 1. The van der Waals surface area contributed by atoms with E-state index in [2.05, 4.69) is 25.3 Å². The zero-order chi connectivity index (χ0) is 21.1. The molecule has 30 heavy (non-hydrogen) atoms. The van der Waals surface area contributed by atoms with Crippen molar-refractivity contribution in [2.24, 2.45) is 10.2 Å². The van der Waals surface area contributed by atoms with E-state index in [1.165, 1.54) is 36.4 Å². The van der Waals surface area contributed by atoms with E-state index in [0.717, 1.165) is 0 Å². The maximum Gasteiger partial charge on any atom is 0.341 e. The molecule has 0 amide bonds. The van der Waals surface area contributed by atoms with Crippen molar-refractivity contribution in [2.45, 2.75) is 0 Å². The molecule has 1 N–H and O–H groups in total. The summed E-state index contributed by atoms with van der Waals surface area (Å²) in [6.07, 6.45) is 4.36. The Kier molecular flexibility index (Phi) is 4.84. The third kappa shape index (κ3) is 3.20. The van der Waals surface area contributed by atoms with Gasteiger partial charge in [0.2, 0.25) is 0 Å². The van der Waals surface area contributed by atoms with Gasteiger partial charge in [-0.25, -0.2) is 14.8 Å². The van der Waals surface area contributed by atoms with Crippen molar-refractivity contribution in [3.8, 4) is 17.8 Å². The fourth-order valence-corrected chi connectivity index (χ4v) is 2.85. The minimum Gasteiger partial charge on any atom is -0.505 e. The number of aromatic hydroxyl groups is 1. The number of nitriles is 1. The van der Waals surface area contributed by atoms with Gasteiger partial charge in [0.15, 0.2) is 11.6 Å². The third-order valence-electron chi connectivity index (χ3n) is 4.25. The zero-order valence-corrected chi connectivity index (χ0v) is 15.6. The van der Waals surface area contributed by atoms with Crippen molar-refractivity contribution in [1.29, 1.82) is 5.26 Å². The number of phenols is 1. The Morgan fingerprint density at radius 3 is 2.70 bits per heavy atom. The van der Waals surface area contributed by atoms with Gasteiger partial charge in [-0.1, -0.05) is 24.3 Å². The predicted octanol–water partition coefficient (Wildman–Crippen LogP) is 3.59. The maximum atomic E-state index is 12.1. The molecule has 0 saturated heterocycles. The maximum absolute atomic E-state index is 12.1. The summed E-state index contributed by atoms with van der Waals surface area (Å²) in [5.41, 5.74) is 0.142. The molecule has 2 aromatic heterocycles. The predicted molar refractivity (Wildman–Crippen MR) is 105 cm³/mol. The topological polar surface area (TPSA) is 139 Å². The molecule has 2 aromatic carbocycles. The molecule has 0 spiro atoms. The molecular weight excluding hydrogens is 386 g/mol. The van der Waals surface area contributed by atoms with Crippen molar-refractivity contribution in [1.82, 2.24) is 19.7 Å². The lowest BCUT2D eigenvalue weighted by atomic mass is 10.0. The van der Waals surface area contributed by atoms with Crippen LogP contribution in [-0.4, -0.2) is 37.9 Å². The number of rotatable bonds is 4. The summed E-state index contributed by atoms with van der Waals surface area (Å²) >= 11 is 0. The van der Waals surface area contributed by atoms with E-state index in [1.807, 2.05) is 6.07 Å². The Labute approximate surface area is 169 Å². The molecular formula is C20H13N7O3. The van der Waals surface area contributed by atoms with E-state index in [1.54, 1.807) is 30.3 Å². The first-order valence-electron chi connectivity index (χ1n) is 8.64. The number of ether oxygens (including phenoxy) is 1. The quantitative estimate of drug-likeness (QED) is 0.408. The molecule has 0 fully saturated rings. The molecule has 146 valence electrons. The first-order chi connectivity index (χ1) is 14.6. The van der Waals surface area contributed by atoms with Gasteiger partial charge in [-0.05, 0) is 17.5 Å². The average molecular weight is 399 g/mol. The molecule has 0 aliphatic carbocycles. The van der Waals surface area contributed by atoms with Gasteiger partial charge in [-0.15, -0.1) is 10.2 Å². The highest BCUT2D eigenvalue weighted by atomic mass is 16.5. The van der Waals surface area contributed by atoms with Crippen LogP contribution in [0.3, 0.4) is 0 Å². The van der Waals surface area contributed by atoms with Crippen LogP contribution in [0.1, 0.15) is 15.9 Å². The van der Waals surface area contributed by atoms with E-state index in [0.29, 0.717) is 10.8 Å². The number of azo groups is 1. The van der Waals surface area contributed by atoms with Crippen LogP contribution in [-0.2, 0) is 4.74 Å². The number of carbonyl (C=O) groups excluding carboxylic acids is 1. The van der Waals surface area contributed by atoms with E-state index >= 15 is 0 Å². The summed E-state index contributed by atoms with van der Waals surface area (Å²) in [6.45, 7) is 0. The highest BCUT2D eigenvalue weighted by molar-refractivity contribution is 6.04. The first-order valence-corrected chi connectivity index (χ1v) is 8.64. The number of nitrogens with zero attached hydrogens (tertiary/aromatic N) is 7. The van der Waals surface area contributed by atoms with Crippen molar-refractivity contribution in [3.63, 3.8) is 0 Å². The first kappa shape index (κ1) is 18.7. The Morgan fingerprint density at radius 2 is 1.97 bits per heavy atom. The molecule has 4 aromatic rings. The van der Waals surface area contributed by atoms with Gasteiger partial charge < -0.3 is 9.84 Å². The number of esters is 1. The number of fused-ring (bicyclic) bond motifs is 1.